The molecule has 1 aliphatic carbocycles. The van der Waals surface area contributed by atoms with Crippen LogP contribution in [0.15, 0.2) is 39.8 Å². The molecule has 2 N–H and O–H groups in total. The van der Waals surface area contributed by atoms with Crippen molar-refractivity contribution in [1.29, 1.82) is 5.26 Å². The molecule has 206 valence electrons. The number of sulfone groups is 1. The van der Waals surface area contributed by atoms with Gasteiger partial charge in [0, 0.05) is 23.6 Å². The van der Waals surface area contributed by atoms with Crippen LogP contribution in [0, 0.1) is 23.0 Å². The molecule has 3 fully saturated rings. The second-order valence-electron chi connectivity index (χ2n) is 9.68. The largest absolute Gasteiger partial charge is 0.425 e. The van der Waals surface area contributed by atoms with Crippen molar-refractivity contribution in [3.63, 3.8) is 0 Å². The number of nitriles is 1. The van der Waals surface area contributed by atoms with Gasteiger partial charge in [0.2, 0.25) is 0 Å². The van der Waals surface area contributed by atoms with Gasteiger partial charge >= 0.3 is 6.09 Å². The van der Waals surface area contributed by atoms with E-state index in [0.29, 0.717) is 23.9 Å². The number of likely N-dealkylation sites (tertiary alicyclic amines) is 1. The van der Waals surface area contributed by atoms with Gasteiger partial charge in [-0.3, -0.25) is 15.1 Å². The fourth-order valence-corrected chi connectivity index (χ4v) is 7.29. The second kappa shape index (κ2) is 9.96. The number of pyridine rings is 1. The summed E-state index contributed by atoms with van der Waals surface area (Å²) in [6.45, 7) is -0.0574. The van der Waals surface area contributed by atoms with E-state index in [1.807, 2.05) is 6.07 Å². The molecule has 3 atom stereocenters. The van der Waals surface area contributed by atoms with Gasteiger partial charge in [0.15, 0.2) is 16.1 Å². The van der Waals surface area contributed by atoms with Crippen molar-refractivity contribution in [2.75, 3.05) is 13.1 Å². The summed E-state index contributed by atoms with van der Waals surface area (Å²) >= 11 is 9.17. The maximum atomic E-state index is 14.9. The van der Waals surface area contributed by atoms with E-state index in [0.717, 1.165) is 29.2 Å². The van der Waals surface area contributed by atoms with Crippen LogP contribution in [0.2, 0.25) is 5.02 Å². The van der Waals surface area contributed by atoms with Gasteiger partial charge in [0.05, 0.1) is 21.2 Å². The van der Waals surface area contributed by atoms with Crippen LogP contribution in [0.1, 0.15) is 31.4 Å². The molecule has 39 heavy (non-hydrogen) atoms. The van der Waals surface area contributed by atoms with Crippen LogP contribution in [-0.4, -0.2) is 60.4 Å². The molecule has 3 aliphatic rings. The highest BCUT2D eigenvalue weighted by atomic mass is 79.9. The van der Waals surface area contributed by atoms with Crippen LogP contribution in [0.3, 0.4) is 0 Å². The number of halogens is 4. The standard InChI is InChI=1S/C24H21BrClF2N5O5S/c25-13-7-17(28)20(30-10-13)24(5-6-31-24)21(34)33-11-15(39(36,37)18-2-1-14(27)8-16(18)26)9-19(33)38-22(35)32-23(12-29)3-4-23/h1-2,7-8,10,15,19,31H,3-6,9,11H2,(H,32,35)/t15-,19+,24?/m1/s1. The SMILES string of the molecule is N#CC1(NC(=O)O[C@H]2C[C@@H](S(=O)(=O)c3ccc(F)cc3Cl)CN2C(=O)C2(c3ncc(Br)cc3F)CCN2)CC1. The predicted octanol–water partition coefficient (Wildman–Crippen LogP) is 3.15. The van der Waals surface area contributed by atoms with Crippen molar-refractivity contribution in [3.05, 3.63) is 57.3 Å². The molecular formula is C24H21BrClF2N5O5S. The summed E-state index contributed by atoms with van der Waals surface area (Å²) in [6, 6.07) is 5.98. The molecule has 2 aromatic rings. The summed E-state index contributed by atoms with van der Waals surface area (Å²) in [6.07, 6.45) is -0.366. The molecule has 2 amide bonds. The van der Waals surface area contributed by atoms with Crippen molar-refractivity contribution in [2.45, 2.75) is 53.1 Å². The highest BCUT2D eigenvalue weighted by Gasteiger charge is 2.56. The van der Waals surface area contributed by atoms with Gasteiger partial charge in [-0.15, -0.1) is 0 Å². The summed E-state index contributed by atoms with van der Waals surface area (Å²) in [5.41, 5.74) is -2.86. The van der Waals surface area contributed by atoms with Crippen LogP contribution in [-0.2, 0) is 24.9 Å². The van der Waals surface area contributed by atoms with E-state index >= 15 is 0 Å². The van der Waals surface area contributed by atoms with E-state index in [1.54, 1.807) is 0 Å². The molecule has 1 aromatic heterocycles. The Morgan fingerprint density at radius 2 is 2.00 bits per heavy atom. The van der Waals surface area contributed by atoms with Crippen molar-refractivity contribution < 1.29 is 31.5 Å². The molecule has 2 saturated heterocycles. The molecule has 0 bridgehead atoms. The molecule has 3 heterocycles. The monoisotopic (exact) mass is 643 g/mol. The van der Waals surface area contributed by atoms with Crippen LogP contribution < -0.4 is 10.6 Å². The minimum absolute atomic E-state index is 0.158. The van der Waals surface area contributed by atoms with Crippen LogP contribution in [0.25, 0.3) is 0 Å². The fourth-order valence-electron chi connectivity index (χ4n) is 4.77. The summed E-state index contributed by atoms with van der Waals surface area (Å²) in [5, 5.41) is 13.0. The van der Waals surface area contributed by atoms with Gasteiger partial charge in [-0.2, -0.15) is 5.26 Å². The zero-order chi connectivity index (χ0) is 28.2. The van der Waals surface area contributed by atoms with E-state index < -0.39 is 62.6 Å². The van der Waals surface area contributed by atoms with E-state index in [4.69, 9.17) is 16.3 Å². The quantitative estimate of drug-likeness (QED) is 0.457. The normalized spacial score (nSPS) is 25.4. The molecule has 2 aliphatic heterocycles. The Kier molecular flexibility index (Phi) is 7.07. The summed E-state index contributed by atoms with van der Waals surface area (Å²) < 4.78 is 61.4. The van der Waals surface area contributed by atoms with Crippen molar-refractivity contribution in [3.8, 4) is 6.07 Å². The van der Waals surface area contributed by atoms with Crippen molar-refractivity contribution in [1.82, 2.24) is 20.5 Å². The van der Waals surface area contributed by atoms with Gasteiger partial charge in [0.1, 0.15) is 28.4 Å². The van der Waals surface area contributed by atoms with E-state index in [9.17, 15) is 32.0 Å². The number of nitrogens with zero attached hydrogens (tertiary/aromatic N) is 3. The third-order valence-electron chi connectivity index (χ3n) is 7.16. The lowest BCUT2D eigenvalue weighted by Gasteiger charge is -2.44. The summed E-state index contributed by atoms with van der Waals surface area (Å²) in [4.78, 5) is 31.4. The minimum atomic E-state index is -4.23. The van der Waals surface area contributed by atoms with Crippen LogP contribution >= 0.6 is 27.5 Å². The van der Waals surface area contributed by atoms with Gasteiger partial charge in [-0.1, -0.05) is 11.6 Å². The molecule has 5 rings (SSSR count). The molecule has 1 aromatic carbocycles. The minimum Gasteiger partial charge on any atom is -0.425 e. The average molecular weight is 645 g/mol. The zero-order valence-electron chi connectivity index (χ0n) is 20.1. The summed E-state index contributed by atoms with van der Waals surface area (Å²) in [7, 11) is -4.23. The number of benzene rings is 1. The fraction of sp³-hybridized carbons (Fsp3) is 0.417. The lowest BCUT2D eigenvalue weighted by Crippen LogP contribution is -2.65. The third kappa shape index (κ3) is 4.97. The number of alkyl carbamates (subject to hydrolysis) is 1. The maximum absolute atomic E-state index is 14.9. The third-order valence-corrected chi connectivity index (χ3v) is 10.2. The average Bonchev–Trinajstić information content (AvgIpc) is 3.47. The van der Waals surface area contributed by atoms with Gasteiger partial charge in [0.25, 0.3) is 5.91 Å². The first-order chi connectivity index (χ1) is 18.4. The lowest BCUT2D eigenvalue weighted by molar-refractivity contribution is -0.149. The maximum Gasteiger partial charge on any atom is 0.410 e. The first kappa shape index (κ1) is 27.7. The van der Waals surface area contributed by atoms with E-state index in [2.05, 4.69) is 31.5 Å². The van der Waals surface area contributed by atoms with Crippen molar-refractivity contribution in [2.24, 2.45) is 0 Å². The Hall–Kier alpha value is -2.86. The first-order valence-corrected chi connectivity index (χ1v) is 14.6. The highest BCUT2D eigenvalue weighted by Crippen LogP contribution is 2.40. The number of hydrogen-bond donors (Lipinski definition) is 2. The number of ether oxygens (including phenoxy) is 1. The van der Waals surface area contributed by atoms with Gasteiger partial charge in [-0.05, 0) is 66.0 Å². The first-order valence-electron chi connectivity index (χ1n) is 11.9. The van der Waals surface area contributed by atoms with Crippen LogP contribution in [0.4, 0.5) is 13.6 Å². The topological polar surface area (TPSA) is 141 Å². The molecular weight excluding hydrogens is 624 g/mol. The highest BCUT2D eigenvalue weighted by molar-refractivity contribution is 9.10. The Morgan fingerprint density at radius 1 is 1.28 bits per heavy atom. The number of amides is 2. The van der Waals surface area contributed by atoms with Crippen molar-refractivity contribution >= 4 is 49.4 Å². The second-order valence-corrected chi connectivity index (χ2v) is 13.2. The zero-order valence-corrected chi connectivity index (χ0v) is 23.2. The molecule has 1 unspecified atom stereocenters. The van der Waals surface area contributed by atoms with E-state index in [1.165, 1.54) is 6.20 Å². The lowest BCUT2D eigenvalue weighted by atomic mass is 9.82. The Morgan fingerprint density at radius 3 is 2.56 bits per heavy atom. The Bertz CT molecular complexity index is 1510. The molecule has 1 saturated carbocycles. The number of hydrogen-bond acceptors (Lipinski definition) is 8. The number of rotatable bonds is 6. The van der Waals surface area contributed by atoms with Gasteiger partial charge < -0.3 is 15.0 Å². The molecule has 10 nitrogen and oxygen atoms in total. The smallest absolute Gasteiger partial charge is 0.410 e. The number of carbonyl (C=O) groups is 2. The predicted molar refractivity (Wildman–Crippen MR) is 136 cm³/mol. The van der Waals surface area contributed by atoms with Crippen LogP contribution in [0.5, 0.6) is 0 Å². The number of nitrogens with one attached hydrogen (secondary N) is 2. The van der Waals surface area contributed by atoms with E-state index in [-0.39, 0.29) is 28.5 Å². The molecule has 0 spiro atoms. The molecule has 0 radical (unpaired) electrons. The summed E-state index contributed by atoms with van der Waals surface area (Å²) in [5.74, 6) is -2.22. The number of carbonyl (C=O) groups excluding carboxylic acids is 2. The Labute approximate surface area is 235 Å². The Balaban J connectivity index is 1.48. The van der Waals surface area contributed by atoms with Gasteiger partial charge in [-0.25, -0.2) is 22.0 Å². The molecule has 15 heteroatoms. The number of aromatic nitrogens is 1.